The Morgan fingerprint density at radius 3 is 2.83 bits per heavy atom. The lowest BCUT2D eigenvalue weighted by atomic mass is 10.2. The third kappa shape index (κ3) is 3.59. The van der Waals surface area contributed by atoms with Crippen LogP contribution in [0.2, 0.25) is 0 Å². The quantitative estimate of drug-likeness (QED) is 0.774. The van der Waals surface area contributed by atoms with Crippen LogP contribution in [0.5, 0.6) is 0 Å². The van der Waals surface area contributed by atoms with Gasteiger partial charge in [0.25, 0.3) is 0 Å². The summed E-state index contributed by atoms with van der Waals surface area (Å²) in [5, 5.41) is 14.6. The Morgan fingerprint density at radius 1 is 1.35 bits per heavy atom. The zero-order valence-corrected chi connectivity index (χ0v) is 13.6. The van der Waals surface area contributed by atoms with E-state index in [1.807, 2.05) is 44.2 Å². The van der Waals surface area contributed by atoms with Crippen molar-refractivity contribution in [2.24, 2.45) is 0 Å². The maximum Gasteiger partial charge on any atom is 0.242 e. The summed E-state index contributed by atoms with van der Waals surface area (Å²) in [6, 6.07) is 9.90. The number of tetrazole rings is 1. The van der Waals surface area contributed by atoms with Gasteiger partial charge in [0.2, 0.25) is 5.91 Å². The molecule has 118 valence electrons. The number of thiazole rings is 1. The Hall–Kier alpha value is -2.61. The standard InChI is InChI=1S/C15H16N6OS/c1-10(17-13(22)8-21-9-16-19-20-21)14-11(2)18-15(23-14)12-6-4-3-5-7-12/h3-7,9-10H,8H2,1-2H3,(H,17,22)/t10-/m1/s1. The molecule has 7 nitrogen and oxygen atoms in total. The van der Waals surface area contributed by atoms with Crippen molar-refractivity contribution < 1.29 is 4.79 Å². The van der Waals surface area contributed by atoms with Crippen LogP contribution in [0.25, 0.3) is 10.6 Å². The van der Waals surface area contributed by atoms with Crippen molar-refractivity contribution in [2.75, 3.05) is 0 Å². The van der Waals surface area contributed by atoms with Crippen LogP contribution in [0, 0.1) is 6.92 Å². The predicted molar refractivity (Wildman–Crippen MR) is 86.7 cm³/mol. The first-order valence-corrected chi connectivity index (χ1v) is 7.98. The molecule has 0 unspecified atom stereocenters. The van der Waals surface area contributed by atoms with Gasteiger partial charge in [-0.1, -0.05) is 30.3 Å². The Morgan fingerprint density at radius 2 is 2.13 bits per heavy atom. The van der Waals surface area contributed by atoms with Crippen molar-refractivity contribution in [1.82, 2.24) is 30.5 Å². The van der Waals surface area contributed by atoms with E-state index in [1.165, 1.54) is 11.0 Å². The molecular weight excluding hydrogens is 312 g/mol. The van der Waals surface area contributed by atoms with Crippen molar-refractivity contribution in [3.05, 3.63) is 47.2 Å². The van der Waals surface area contributed by atoms with E-state index in [-0.39, 0.29) is 18.5 Å². The first kappa shape index (κ1) is 15.3. The number of rotatable bonds is 5. The lowest BCUT2D eigenvalue weighted by Crippen LogP contribution is -2.30. The SMILES string of the molecule is Cc1nc(-c2ccccc2)sc1[C@@H](C)NC(=O)Cn1cnnn1. The maximum atomic E-state index is 12.0. The van der Waals surface area contributed by atoms with Crippen molar-refractivity contribution in [3.8, 4) is 10.6 Å². The maximum absolute atomic E-state index is 12.0. The van der Waals surface area contributed by atoms with Crippen molar-refractivity contribution in [3.63, 3.8) is 0 Å². The molecule has 1 amide bonds. The fourth-order valence-corrected chi connectivity index (χ4v) is 3.34. The van der Waals surface area contributed by atoms with Gasteiger partial charge in [0.05, 0.1) is 16.6 Å². The molecule has 2 aromatic heterocycles. The molecule has 2 heterocycles. The minimum atomic E-state index is -0.140. The highest BCUT2D eigenvalue weighted by molar-refractivity contribution is 7.15. The molecule has 0 saturated heterocycles. The van der Waals surface area contributed by atoms with E-state index in [9.17, 15) is 4.79 Å². The molecule has 0 bridgehead atoms. The van der Waals surface area contributed by atoms with Gasteiger partial charge in [-0.2, -0.15) is 0 Å². The molecule has 0 aliphatic carbocycles. The number of amides is 1. The third-order valence-corrected chi connectivity index (χ3v) is 4.71. The van der Waals surface area contributed by atoms with E-state index in [0.29, 0.717) is 0 Å². The summed E-state index contributed by atoms with van der Waals surface area (Å²) in [6.07, 6.45) is 1.41. The van der Waals surface area contributed by atoms with E-state index in [1.54, 1.807) is 11.3 Å². The summed E-state index contributed by atoms with van der Waals surface area (Å²) in [5.41, 5.74) is 2.02. The third-order valence-electron chi connectivity index (χ3n) is 3.32. The second-order valence-electron chi connectivity index (χ2n) is 5.13. The van der Waals surface area contributed by atoms with Crippen LogP contribution in [-0.4, -0.2) is 31.1 Å². The molecule has 0 saturated carbocycles. The molecule has 3 aromatic rings. The number of aryl methyl sites for hydroxylation is 1. The summed E-state index contributed by atoms with van der Waals surface area (Å²) < 4.78 is 1.39. The summed E-state index contributed by atoms with van der Waals surface area (Å²) in [4.78, 5) is 17.7. The van der Waals surface area contributed by atoms with Crippen LogP contribution >= 0.6 is 11.3 Å². The zero-order valence-electron chi connectivity index (χ0n) is 12.8. The van der Waals surface area contributed by atoms with E-state index in [4.69, 9.17) is 0 Å². The van der Waals surface area contributed by atoms with Gasteiger partial charge in [-0.15, -0.1) is 16.4 Å². The fraction of sp³-hybridized carbons (Fsp3) is 0.267. The molecule has 0 fully saturated rings. The van der Waals surface area contributed by atoms with Crippen molar-refractivity contribution in [2.45, 2.75) is 26.4 Å². The summed E-state index contributed by atoms with van der Waals surface area (Å²) >= 11 is 1.60. The summed E-state index contributed by atoms with van der Waals surface area (Å²) in [5.74, 6) is -0.140. The van der Waals surface area contributed by atoms with Gasteiger partial charge in [-0.3, -0.25) is 4.79 Å². The van der Waals surface area contributed by atoms with Crippen LogP contribution in [0.4, 0.5) is 0 Å². The average Bonchev–Trinajstić information content (AvgIpc) is 3.17. The average molecular weight is 328 g/mol. The van der Waals surface area contributed by atoms with Gasteiger partial charge in [0.1, 0.15) is 17.9 Å². The summed E-state index contributed by atoms with van der Waals surface area (Å²) in [6.45, 7) is 4.01. The molecule has 1 atom stereocenters. The van der Waals surface area contributed by atoms with Crippen LogP contribution in [0.15, 0.2) is 36.7 Å². The van der Waals surface area contributed by atoms with Gasteiger partial charge in [-0.25, -0.2) is 9.67 Å². The zero-order chi connectivity index (χ0) is 16.2. The molecule has 0 spiro atoms. The van der Waals surface area contributed by atoms with Crippen LogP contribution in [0.1, 0.15) is 23.5 Å². The molecule has 0 aliphatic heterocycles. The van der Waals surface area contributed by atoms with E-state index in [2.05, 4.69) is 25.8 Å². The lowest BCUT2D eigenvalue weighted by Gasteiger charge is -2.12. The smallest absolute Gasteiger partial charge is 0.242 e. The summed E-state index contributed by atoms with van der Waals surface area (Å²) in [7, 11) is 0. The highest BCUT2D eigenvalue weighted by Crippen LogP contribution is 2.31. The van der Waals surface area contributed by atoms with Gasteiger partial charge in [0.15, 0.2) is 0 Å². The van der Waals surface area contributed by atoms with Crippen LogP contribution < -0.4 is 5.32 Å². The monoisotopic (exact) mass is 328 g/mol. The Kier molecular flexibility index (Phi) is 4.42. The van der Waals surface area contributed by atoms with Crippen LogP contribution in [-0.2, 0) is 11.3 Å². The Bertz CT molecular complexity index is 784. The molecule has 23 heavy (non-hydrogen) atoms. The van der Waals surface area contributed by atoms with Crippen molar-refractivity contribution >= 4 is 17.2 Å². The molecule has 8 heteroatoms. The van der Waals surface area contributed by atoms with Gasteiger partial charge >= 0.3 is 0 Å². The highest BCUT2D eigenvalue weighted by atomic mass is 32.1. The number of carbonyl (C=O) groups is 1. The lowest BCUT2D eigenvalue weighted by molar-refractivity contribution is -0.122. The van der Waals surface area contributed by atoms with Gasteiger partial charge in [0, 0.05) is 5.56 Å². The normalized spacial score (nSPS) is 12.1. The first-order valence-electron chi connectivity index (χ1n) is 7.16. The molecule has 0 radical (unpaired) electrons. The number of nitrogens with zero attached hydrogens (tertiary/aromatic N) is 5. The second-order valence-corrected chi connectivity index (χ2v) is 6.16. The molecule has 0 aliphatic rings. The second kappa shape index (κ2) is 6.66. The van der Waals surface area contributed by atoms with Crippen molar-refractivity contribution in [1.29, 1.82) is 0 Å². The highest BCUT2D eigenvalue weighted by Gasteiger charge is 2.17. The number of nitrogens with one attached hydrogen (secondary N) is 1. The predicted octanol–water partition coefficient (Wildman–Crippen LogP) is 1.98. The van der Waals surface area contributed by atoms with Gasteiger partial charge < -0.3 is 5.32 Å². The number of hydrogen-bond acceptors (Lipinski definition) is 6. The molecule has 3 rings (SSSR count). The largest absolute Gasteiger partial charge is 0.347 e. The fourth-order valence-electron chi connectivity index (χ4n) is 2.27. The molecular formula is C15H16N6OS. The topological polar surface area (TPSA) is 85.6 Å². The number of aromatic nitrogens is 5. The molecule has 1 N–H and O–H groups in total. The number of carbonyl (C=O) groups excluding carboxylic acids is 1. The molecule has 1 aromatic carbocycles. The van der Waals surface area contributed by atoms with E-state index in [0.717, 1.165) is 21.1 Å². The van der Waals surface area contributed by atoms with E-state index < -0.39 is 0 Å². The Balaban J connectivity index is 1.71. The number of hydrogen-bond donors (Lipinski definition) is 1. The number of benzene rings is 1. The minimum Gasteiger partial charge on any atom is -0.347 e. The van der Waals surface area contributed by atoms with E-state index >= 15 is 0 Å². The van der Waals surface area contributed by atoms with Crippen LogP contribution in [0.3, 0.4) is 0 Å². The first-order chi connectivity index (χ1) is 11.1. The minimum absolute atomic E-state index is 0.0980. The Labute approximate surface area is 137 Å². The van der Waals surface area contributed by atoms with Gasteiger partial charge in [-0.05, 0) is 24.3 Å².